The molecule has 2 saturated heterocycles. The molecule has 3 rings (SSSR count). The lowest BCUT2D eigenvalue weighted by Crippen LogP contribution is -2.53. The molecule has 92 valence electrons. The third kappa shape index (κ3) is 1.89. The van der Waals surface area contributed by atoms with Crippen LogP contribution in [0.1, 0.15) is 44.1 Å². The van der Waals surface area contributed by atoms with Crippen molar-refractivity contribution in [3.05, 3.63) is 30.1 Å². The van der Waals surface area contributed by atoms with Crippen molar-refractivity contribution in [1.29, 1.82) is 0 Å². The van der Waals surface area contributed by atoms with Gasteiger partial charge in [0, 0.05) is 24.5 Å². The summed E-state index contributed by atoms with van der Waals surface area (Å²) in [5.74, 6) is 1.48. The number of piperidine rings is 2. The van der Waals surface area contributed by atoms with Crippen LogP contribution in [0, 0.1) is 5.92 Å². The fourth-order valence-corrected chi connectivity index (χ4v) is 3.97. The van der Waals surface area contributed by atoms with Crippen molar-refractivity contribution >= 4 is 0 Å². The lowest BCUT2D eigenvalue weighted by molar-refractivity contribution is 0.0159. The van der Waals surface area contributed by atoms with Crippen LogP contribution in [-0.4, -0.2) is 29.0 Å². The summed E-state index contributed by atoms with van der Waals surface area (Å²) in [5, 5.41) is 0. The highest BCUT2D eigenvalue weighted by atomic mass is 15.2. The minimum Gasteiger partial charge on any atom is -0.300 e. The number of fused-ring (bicyclic) bond motifs is 2. The summed E-state index contributed by atoms with van der Waals surface area (Å²) in [6, 6.07) is 5.92. The standard InChI is InChI=1S/C15H22N2/c1-11-14(12-5-4-8-16-10-12)9-13-6-3-7-15(11)17(13)2/h4-5,8,10-11,13-15H,3,6-7,9H2,1-2H3. The SMILES string of the molecule is CC1C(c2cccnc2)CC2CCCC1N2C. The van der Waals surface area contributed by atoms with E-state index in [0.717, 1.165) is 23.9 Å². The first-order chi connectivity index (χ1) is 8.27. The largest absolute Gasteiger partial charge is 0.300 e. The molecule has 3 heterocycles. The predicted molar refractivity (Wildman–Crippen MR) is 69.9 cm³/mol. The highest BCUT2D eigenvalue weighted by Crippen LogP contribution is 2.44. The van der Waals surface area contributed by atoms with Gasteiger partial charge in [0.25, 0.3) is 0 Å². The van der Waals surface area contributed by atoms with Crippen LogP contribution < -0.4 is 0 Å². The third-order valence-electron chi connectivity index (χ3n) is 5.02. The molecule has 2 fully saturated rings. The molecule has 0 spiro atoms. The first-order valence-corrected chi connectivity index (χ1v) is 6.89. The van der Waals surface area contributed by atoms with E-state index in [1.54, 1.807) is 0 Å². The molecular formula is C15H22N2. The summed E-state index contributed by atoms with van der Waals surface area (Å²) >= 11 is 0. The third-order valence-corrected chi connectivity index (χ3v) is 5.02. The van der Waals surface area contributed by atoms with Crippen LogP contribution in [-0.2, 0) is 0 Å². The van der Waals surface area contributed by atoms with E-state index in [2.05, 4.69) is 42.2 Å². The van der Waals surface area contributed by atoms with Crippen molar-refractivity contribution in [2.75, 3.05) is 7.05 Å². The number of pyridine rings is 1. The molecule has 2 aliphatic rings. The summed E-state index contributed by atoms with van der Waals surface area (Å²) in [6.07, 6.45) is 9.46. The van der Waals surface area contributed by atoms with Crippen molar-refractivity contribution in [3.63, 3.8) is 0 Å². The molecule has 2 nitrogen and oxygen atoms in total. The van der Waals surface area contributed by atoms with E-state index >= 15 is 0 Å². The van der Waals surface area contributed by atoms with E-state index in [1.807, 2.05) is 6.20 Å². The van der Waals surface area contributed by atoms with Crippen molar-refractivity contribution in [2.45, 2.75) is 50.6 Å². The Morgan fingerprint density at radius 2 is 2.24 bits per heavy atom. The highest BCUT2D eigenvalue weighted by molar-refractivity contribution is 5.19. The Balaban J connectivity index is 1.88. The van der Waals surface area contributed by atoms with E-state index in [-0.39, 0.29) is 0 Å². The van der Waals surface area contributed by atoms with E-state index in [1.165, 1.54) is 31.2 Å². The summed E-state index contributed by atoms with van der Waals surface area (Å²) in [7, 11) is 2.32. The number of hydrogen-bond acceptors (Lipinski definition) is 2. The Hall–Kier alpha value is -0.890. The van der Waals surface area contributed by atoms with Gasteiger partial charge >= 0.3 is 0 Å². The Morgan fingerprint density at radius 3 is 3.00 bits per heavy atom. The molecule has 2 aliphatic heterocycles. The average Bonchev–Trinajstić information content (AvgIpc) is 2.35. The maximum Gasteiger partial charge on any atom is 0.0302 e. The van der Waals surface area contributed by atoms with Crippen LogP contribution >= 0.6 is 0 Å². The van der Waals surface area contributed by atoms with Gasteiger partial charge in [0.2, 0.25) is 0 Å². The zero-order valence-electron chi connectivity index (χ0n) is 10.8. The zero-order chi connectivity index (χ0) is 11.8. The van der Waals surface area contributed by atoms with Crippen LogP contribution in [0.15, 0.2) is 24.5 Å². The highest BCUT2D eigenvalue weighted by Gasteiger charge is 2.41. The summed E-state index contributed by atoms with van der Waals surface area (Å²) < 4.78 is 0. The van der Waals surface area contributed by atoms with Gasteiger partial charge in [0.1, 0.15) is 0 Å². The van der Waals surface area contributed by atoms with Crippen molar-refractivity contribution in [2.24, 2.45) is 5.92 Å². The monoisotopic (exact) mass is 230 g/mol. The van der Waals surface area contributed by atoms with Crippen LogP contribution in [0.3, 0.4) is 0 Å². The van der Waals surface area contributed by atoms with Crippen molar-refractivity contribution < 1.29 is 0 Å². The molecule has 0 saturated carbocycles. The van der Waals surface area contributed by atoms with Crippen LogP contribution in [0.25, 0.3) is 0 Å². The fourth-order valence-electron chi connectivity index (χ4n) is 3.97. The topological polar surface area (TPSA) is 16.1 Å². The van der Waals surface area contributed by atoms with E-state index in [4.69, 9.17) is 0 Å². The zero-order valence-corrected chi connectivity index (χ0v) is 10.8. The second kappa shape index (κ2) is 4.41. The Morgan fingerprint density at radius 1 is 1.35 bits per heavy atom. The molecule has 1 aromatic rings. The fraction of sp³-hybridized carbons (Fsp3) is 0.667. The van der Waals surface area contributed by atoms with Crippen LogP contribution in [0.2, 0.25) is 0 Å². The van der Waals surface area contributed by atoms with E-state index in [0.29, 0.717) is 0 Å². The minimum absolute atomic E-state index is 0.718. The minimum atomic E-state index is 0.718. The first kappa shape index (κ1) is 11.2. The van der Waals surface area contributed by atoms with Gasteiger partial charge < -0.3 is 4.90 Å². The maximum absolute atomic E-state index is 4.29. The number of aromatic nitrogens is 1. The van der Waals surface area contributed by atoms with Gasteiger partial charge in [-0.25, -0.2) is 0 Å². The number of rotatable bonds is 1. The van der Waals surface area contributed by atoms with Gasteiger partial charge in [-0.3, -0.25) is 4.98 Å². The molecule has 4 unspecified atom stereocenters. The van der Waals surface area contributed by atoms with Crippen LogP contribution in [0.5, 0.6) is 0 Å². The summed E-state index contributed by atoms with van der Waals surface area (Å²) in [4.78, 5) is 6.93. The Labute approximate surface area is 104 Å². The van der Waals surface area contributed by atoms with Gasteiger partial charge in [0.15, 0.2) is 0 Å². The van der Waals surface area contributed by atoms with Gasteiger partial charge in [-0.05, 0) is 49.8 Å². The Kier molecular flexibility index (Phi) is 2.91. The molecule has 0 N–H and O–H groups in total. The van der Waals surface area contributed by atoms with Gasteiger partial charge in [-0.2, -0.15) is 0 Å². The summed E-state index contributed by atoms with van der Waals surface area (Å²) in [6.45, 7) is 2.43. The van der Waals surface area contributed by atoms with Gasteiger partial charge in [-0.15, -0.1) is 0 Å². The quantitative estimate of drug-likeness (QED) is 0.737. The average molecular weight is 230 g/mol. The normalized spacial score (nSPS) is 38.0. The van der Waals surface area contributed by atoms with E-state index < -0.39 is 0 Å². The molecule has 0 amide bonds. The lowest BCUT2D eigenvalue weighted by atomic mass is 9.70. The first-order valence-electron chi connectivity index (χ1n) is 6.89. The molecule has 4 atom stereocenters. The smallest absolute Gasteiger partial charge is 0.0302 e. The second-order valence-electron chi connectivity index (χ2n) is 5.81. The lowest BCUT2D eigenvalue weighted by Gasteiger charge is -2.51. The molecule has 0 radical (unpaired) electrons. The maximum atomic E-state index is 4.29. The molecule has 0 aliphatic carbocycles. The van der Waals surface area contributed by atoms with Gasteiger partial charge in [0.05, 0.1) is 0 Å². The predicted octanol–water partition coefficient (Wildman–Crippen LogP) is 3.06. The molecule has 0 aromatic carbocycles. The number of nitrogens with zero attached hydrogens (tertiary/aromatic N) is 2. The molecule has 17 heavy (non-hydrogen) atoms. The van der Waals surface area contributed by atoms with Crippen molar-refractivity contribution in [3.8, 4) is 0 Å². The van der Waals surface area contributed by atoms with Crippen molar-refractivity contribution in [1.82, 2.24) is 9.88 Å². The summed E-state index contributed by atoms with van der Waals surface area (Å²) in [5.41, 5.74) is 1.45. The molecule has 2 bridgehead atoms. The van der Waals surface area contributed by atoms with Gasteiger partial charge in [-0.1, -0.05) is 19.4 Å². The second-order valence-corrected chi connectivity index (χ2v) is 5.81. The molecule has 2 heteroatoms. The molecular weight excluding hydrogens is 208 g/mol. The van der Waals surface area contributed by atoms with E-state index in [9.17, 15) is 0 Å². The Bertz CT molecular complexity index is 376. The van der Waals surface area contributed by atoms with Crippen LogP contribution in [0.4, 0.5) is 0 Å². The number of hydrogen-bond donors (Lipinski definition) is 0. The molecule has 1 aromatic heterocycles.